The van der Waals surface area contributed by atoms with Gasteiger partial charge in [-0.2, -0.15) is 4.98 Å². The van der Waals surface area contributed by atoms with Crippen LogP contribution in [0.4, 0.5) is 11.8 Å². The number of thiophene rings is 1. The number of morpholine rings is 1. The SMILES string of the molecule is CCNc1nc(NCCN2CCOCC2)c2ccsc2n1. The molecule has 2 aromatic rings. The predicted octanol–water partition coefficient (Wildman–Crippen LogP) is 1.87. The molecule has 3 rings (SSSR count). The van der Waals surface area contributed by atoms with Crippen LogP contribution in [0.1, 0.15) is 6.92 Å². The molecule has 1 aliphatic rings. The van der Waals surface area contributed by atoms with E-state index in [4.69, 9.17) is 4.74 Å². The third kappa shape index (κ3) is 3.61. The summed E-state index contributed by atoms with van der Waals surface area (Å²) in [5.41, 5.74) is 0. The van der Waals surface area contributed by atoms with Gasteiger partial charge in [0.15, 0.2) is 0 Å². The molecular formula is C14H21N5OS. The fourth-order valence-electron chi connectivity index (χ4n) is 2.38. The van der Waals surface area contributed by atoms with Gasteiger partial charge in [0.2, 0.25) is 5.95 Å². The molecule has 3 heterocycles. The Hall–Kier alpha value is -1.44. The largest absolute Gasteiger partial charge is 0.379 e. The summed E-state index contributed by atoms with van der Waals surface area (Å²) in [5, 5.41) is 9.80. The molecule has 1 aliphatic heterocycles. The zero-order chi connectivity index (χ0) is 14.5. The Labute approximate surface area is 128 Å². The summed E-state index contributed by atoms with van der Waals surface area (Å²) >= 11 is 1.64. The molecule has 114 valence electrons. The van der Waals surface area contributed by atoms with E-state index in [1.807, 2.05) is 6.92 Å². The Kier molecular flexibility index (Phi) is 4.84. The predicted molar refractivity (Wildman–Crippen MR) is 87.3 cm³/mol. The Balaban J connectivity index is 1.65. The highest BCUT2D eigenvalue weighted by Gasteiger charge is 2.11. The summed E-state index contributed by atoms with van der Waals surface area (Å²) in [6.45, 7) is 8.48. The smallest absolute Gasteiger partial charge is 0.226 e. The average molecular weight is 307 g/mol. The Morgan fingerprint density at radius 3 is 2.95 bits per heavy atom. The summed E-state index contributed by atoms with van der Waals surface area (Å²) in [6.07, 6.45) is 0. The maximum atomic E-state index is 5.36. The van der Waals surface area contributed by atoms with Gasteiger partial charge in [0.05, 0.1) is 18.6 Å². The zero-order valence-electron chi connectivity index (χ0n) is 12.3. The monoisotopic (exact) mass is 307 g/mol. The molecule has 1 fully saturated rings. The minimum atomic E-state index is 0.696. The topological polar surface area (TPSA) is 62.3 Å². The third-order valence-electron chi connectivity index (χ3n) is 3.48. The lowest BCUT2D eigenvalue weighted by molar-refractivity contribution is 0.0398. The molecule has 0 saturated carbocycles. The van der Waals surface area contributed by atoms with E-state index in [9.17, 15) is 0 Å². The number of nitrogens with zero attached hydrogens (tertiary/aromatic N) is 3. The van der Waals surface area contributed by atoms with Gasteiger partial charge in [0, 0.05) is 32.7 Å². The van der Waals surface area contributed by atoms with Gasteiger partial charge in [-0.1, -0.05) is 0 Å². The first-order valence-electron chi connectivity index (χ1n) is 7.40. The molecule has 0 aliphatic carbocycles. The molecule has 0 aromatic carbocycles. The first kappa shape index (κ1) is 14.5. The summed E-state index contributed by atoms with van der Waals surface area (Å²) in [6, 6.07) is 2.08. The lowest BCUT2D eigenvalue weighted by Crippen LogP contribution is -2.39. The average Bonchev–Trinajstić information content (AvgIpc) is 2.97. The van der Waals surface area contributed by atoms with Crippen LogP contribution in [0, 0.1) is 0 Å². The van der Waals surface area contributed by atoms with Gasteiger partial charge >= 0.3 is 0 Å². The normalized spacial score (nSPS) is 16.2. The highest BCUT2D eigenvalue weighted by molar-refractivity contribution is 7.16. The van der Waals surface area contributed by atoms with Crippen LogP contribution in [0.5, 0.6) is 0 Å². The molecule has 6 nitrogen and oxygen atoms in total. The van der Waals surface area contributed by atoms with Gasteiger partial charge in [-0.15, -0.1) is 11.3 Å². The standard InChI is InChI=1S/C14H21N5OS/c1-2-15-14-17-12(11-3-10-21-13(11)18-14)16-4-5-19-6-8-20-9-7-19/h3,10H,2,4-9H2,1H3,(H2,15,16,17,18). The van der Waals surface area contributed by atoms with Crippen LogP contribution in [0.3, 0.4) is 0 Å². The molecule has 0 unspecified atom stereocenters. The summed E-state index contributed by atoms with van der Waals surface area (Å²) in [4.78, 5) is 12.5. The van der Waals surface area contributed by atoms with Crippen molar-refractivity contribution in [3.8, 4) is 0 Å². The van der Waals surface area contributed by atoms with Gasteiger partial charge in [-0.05, 0) is 18.4 Å². The van der Waals surface area contributed by atoms with Gasteiger partial charge in [0.25, 0.3) is 0 Å². The summed E-state index contributed by atoms with van der Waals surface area (Å²) in [7, 11) is 0. The van der Waals surface area contributed by atoms with Crippen molar-refractivity contribution in [2.75, 3.05) is 56.6 Å². The first-order chi connectivity index (χ1) is 10.4. The Bertz CT molecular complexity index is 582. The fourth-order valence-corrected chi connectivity index (χ4v) is 3.15. The Morgan fingerprint density at radius 1 is 1.29 bits per heavy atom. The van der Waals surface area contributed by atoms with E-state index in [0.29, 0.717) is 5.95 Å². The number of hydrogen-bond donors (Lipinski definition) is 2. The highest BCUT2D eigenvalue weighted by atomic mass is 32.1. The van der Waals surface area contributed by atoms with Gasteiger partial charge in [-0.3, -0.25) is 4.90 Å². The molecule has 0 bridgehead atoms. The maximum absolute atomic E-state index is 5.36. The quantitative estimate of drug-likeness (QED) is 0.849. The van der Waals surface area contributed by atoms with Crippen LogP contribution in [0.15, 0.2) is 11.4 Å². The van der Waals surface area contributed by atoms with E-state index < -0.39 is 0 Å². The number of aromatic nitrogens is 2. The first-order valence-corrected chi connectivity index (χ1v) is 8.28. The number of hydrogen-bond acceptors (Lipinski definition) is 7. The van der Waals surface area contributed by atoms with Crippen molar-refractivity contribution >= 4 is 33.3 Å². The van der Waals surface area contributed by atoms with Crippen LogP contribution in [0.2, 0.25) is 0 Å². The second-order valence-corrected chi connectivity index (χ2v) is 5.84. The van der Waals surface area contributed by atoms with Gasteiger partial charge < -0.3 is 15.4 Å². The van der Waals surface area contributed by atoms with Crippen molar-refractivity contribution in [2.24, 2.45) is 0 Å². The maximum Gasteiger partial charge on any atom is 0.226 e. The van der Waals surface area contributed by atoms with Crippen LogP contribution in [-0.2, 0) is 4.74 Å². The molecular weight excluding hydrogens is 286 g/mol. The summed E-state index contributed by atoms with van der Waals surface area (Å²) < 4.78 is 5.36. The number of nitrogens with one attached hydrogen (secondary N) is 2. The number of ether oxygens (including phenoxy) is 1. The second-order valence-electron chi connectivity index (χ2n) is 4.95. The molecule has 21 heavy (non-hydrogen) atoms. The zero-order valence-corrected chi connectivity index (χ0v) is 13.1. The van der Waals surface area contributed by atoms with Crippen molar-refractivity contribution in [3.63, 3.8) is 0 Å². The second kappa shape index (κ2) is 7.02. The van der Waals surface area contributed by atoms with Crippen molar-refractivity contribution in [3.05, 3.63) is 11.4 Å². The third-order valence-corrected chi connectivity index (χ3v) is 4.29. The lowest BCUT2D eigenvalue weighted by Gasteiger charge is -2.26. The van der Waals surface area contributed by atoms with Crippen molar-refractivity contribution in [1.82, 2.24) is 14.9 Å². The molecule has 0 spiro atoms. The Morgan fingerprint density at radius 2 is 2.14 bits per heavy atom. The molecule has 7 heteroatoms. The minimum absolute atomic E-state index is 0.696. The van der Waals surface area contributed by atoms with Crippen LogP contribution in [0.25, 0.3) is 10.2 Å². The highest BCUT2D eigenvalue weighted by Crippen LogP contribution is 2.26. The number of anilines is 2. The van der Waals surface area contributed by atoms with Gasteiger partial charge in [0.1, 0.15) is 10.6 Å². The van der Waals surface area contributed by atoms with E-state index in [-0.39, 0.29) is 0 Å². The van der Waals surface area contributed by atoms with E-state index in [0.717, 1.165) is 62.0 Å². The van der Waals surface area contributed by atoms with Crippen LogP contribution < -0.4 is 10.6 Å². The van der Waals surface area contributed by atoms with Gasteiger partial charge in [-0.25, -0.2) is 4.98 Å². The number of fused-ring (bicyclic) bond motifs is 1. The van der Waals surface area contributed by atoms with Crippen molar-refractivity contribution in [2.45, 2.75) is 6.92 Å². The molecule has 0 atom stereocenters. The molecule has 2 N–H and O–H groups in total. The van der Waals surface area contributed by atoms with Crippen molar-refractivity contribution in [1.29, 1.82) is 0 Å². The molecule has 0 radical (unpaired) electrons. The van der Waals surface area contributed by atoms with Crippen LogP contribution in [-0.4, -0.2) is 60.8 Å². The number of rotatable bonds is 6. The van der Waals surface area contributed by atoms with E-state index in [1.165, 1.54) is 0 Å². The summed E-state index contributed by atoms with van der Waals surface area (Å²) in [5.74, 6) is 1.62. The fraction of sp³-hybridized carbons (Fsp3) is 0.571. The molecule has 1 saturated heterocycles. The molecule has 2 aromatic heterocycles. The van der Waals surface area contributed by atoms with Crippen LogP contribution >= 0.6 is 11.3 Å². The van der Waals surface area contributed by atoms with Crippen molar-refractivity contribution < 1.29 is 4.74 Å². The lowest BCUT2D eigenvalue weighted by atomic mass is 10.3. The molecule has 0 amide bonds. The van der Waals surface area contributed by atoms with E-state index in [1.54, 1.807) is 11.3 Å². The minimum Gasteiger partial charge on any atom is -0.379 e. The van der Waals surface area contributed by atoms with E-state index >= 15 is 0 Å². The van der Waals surface area contributed by atoms with E-state index in [2.05, 4.69) is 36.9 Å².